The SMILES string of the molecule is COCCNC(=O)c1ccccc1NC(=O)Cc1cccs1. The first kappa shape index (κ1) is 16.2. The molecule has 0 aliphatic carbocycles. The highest BCUT2D eigenvalue weighted by molar-refractivity contribution is 7.10. The lowest BCUT2D eigenvalue weighted by Gasteiger charge is -2.11. The molecule has 5 nitrogen and oxygen atoms in total. The lowest BCUT2D eigenvalue weighted by molar-refractivity contribution is -0.115. The van der Waals surface area contributed by atoms with Crippen molar-refractivity contribution in [2.45, 2.75) is 6.42 Å². The number of amides is 2. The minimum absolute atomic E-state index is 0.139. The van der Waals surface area contributed by atoms with Gasteiger partial charge >= 0.3 is 0 Å². The Balaban J connectivity index is 2.01. The van der Waals surface area contributed by atoms with Crippen LogP contribution in [-0.2, 0) is 16.0 Å². The van der Waals surface area contributed by atoms with Crippen LogP contribution in [0.3, 0.4) is 0 Å². The second kappa shape index (κ2) is 8.31. The minimum Gasteiger partial charge on any atom is -0.383 e. The summed E-state index contributed by atoms with van der Waals surface area (Å²) in [5.41, 5.74) is 0.956. The molecule has 6 heteroatoms. The van der Waals surface area contributed by atoms with Crippen molar-refractivity contribution in [1.82, 2.24) is 5.32 Å². The van der Waals surface area contributed by atoms with Crippen LogP contribution in [0.25, 0.3) is 0 Å². The monoisotopic (exact) mass is 318 g/mol. The van der Waals surface area contributed by atoms with E-state index in [2.05, 4.69) is 10.6 Å². The minimum atomic E-state index is -0.232. The zero-order valence-corrected chi connectivity index (χ0v) is 13.1. The van der Waals surface area contributed by atoms with Gasteiger partial charge in [0, 0.05) is 18.5 Å². The summed E-state index contributed by atoms with van der Waals surface area (Å²) < 4.78 is 4.90. The maximum atomic E-state index is 12.1. The van der Waals surface area contributed by atoms with Crippen LogP contribution >= 0.6 is 11.3 Å². The third-order valence-corrected chi connectivity index (χ3v) is 3.83. The summed E-state index contributed by atoms with van der Waals surface area (Å²) in [6.07, 6.45) is 0.303. The van der Waals surface area contributed by atoms with Gasteiger partial charge in [0.1, 0.15) is 0 Å². The largest absolute Gasteiger partial charge is 0.383 e. The predicted molar refractivity (Wildman–Crippen MR) is 87.3 cm³/mol. The lowest BCUT2D eigenvalue weighted by Crippen LogP contribution is -2.28. The van der Waals surface area contributed by atoms with Gasteiger partial charge in [0.05, 0.1) is 24.3 Å². The van der Waals surface area contributed by atoms with E-state index in [9.17, 15) is 9.59 Å². The van der Waals surface area contributed by atoms with Gasteiger partial charge in [0.15, 0.2) is 0 Å². The molecule has 0 atom stereocenters. The van der Waals surface area contributed by atoms with E-state index < -0.39 is 0 Å². The number of methoxy groups -OCH3 is 1. The van der Waals surface area contributed by atoms with Gasteiger partial charge in [-0.3, -0.25) is 9.59 Å². The van der Waals surface area contributed by atoms with Crippen LogP contribution in [0, 0.1) is 0 Å². The zero-order valence-electron chi connectivity index (χ0n) is 12.3. The topological polar surface area (TPSA) is 67.4 Å². The smallest absolute Gasteiger partial charge is 0.253 e. The van der Waals surface area contributed by atoms with Gasteiger partial charge in [-0.05, 0) is 23.6 Å². The number of carbonyl (C=O) groups is 2. The average molecular weight is 318 g/mol. The summed E-state index contributed by atoms with van der Waals surface area (Å²) in [5, 5.41) is 7.47. The Labute approximate surface area is 133 Å². The number of benzene rings is 1. The van der Waals surface area contributed by atoms with Crippen LogP contribution < -0.4 is 10.6 Å². The highest BCUT2D eigenvalue weighted by atomic mass is 32.1. The van der Waals surface area contributed by atoms with Crippen LogP contribution in [0.5, 0.6) is 0 Å². The van der Waals surface area contributed by atoms with E-state index >= 15 is 0 Å². The van der Waals surface area contributed by atoms with E-state index in [-0.39, 0.29) is 11.8 Å². The zero-order chi connectivity index (χ0) is 15.8. The molecule has 2 rings (SSSR count). The maximum absolute atomic E-state index is 12.1. The molecule has 1 aromatic heterocycles. The molecule has 2 aromatic rings. The Bertz CT molecular complexity index is 626. The summed E-state index contributed by atoms with van der Waals surface area (Å²) in [6, 6.07) is 10.8. The Hall–Kier alpha value is -2.18. The molecular weight excluding hydrogens is 300 g/mol. The molecule has 0 saturated heterocycles. The summed E-state index contributed by atoms with van der Waals surface area (Å²) >= 11 is 1.53. The Morgan fingerprint density at radius 1 is 1.18 bits per heavy atom. The van der Waals surface area contributed by atoms with Crippen molar-refractivity contribution < 1.29 is 14.3 Å². The van der Waals surface area contributed by atoms with Crippen molar-refractivity contribution >= 4 is 28.8 Å². The van der Waals surface area contributed by atoms with E-state index in [1.807, 2.05) is 17.5 Å². The van der Waals surface area contributed by atoms with E-state index in [1.54, 1.807) is 31.4 Å². The molecule has 0 unspecified atom stereocenters. The number of hydrogen-bond acceptors (Lipinski definition) is 4. The fourth-order valence-electron chi connectivity index (χ4n) is 1.92. The Kier molecular flexibility index (Phi) is 6.12. The van der Waals surface area contributed by atoms with Gasteiger partial charge in [-0.1, -0.05) is 18.2 Å². The summed E-state index contributed by atoms with van der Waals surface area (Å²) in [7, 11) is 1.57. The normalized spacial score (nSPS) is 10.2. The van der Waals surface area contributed by atoms with Gasteiger partial charge in [-0.15, -0.1) is 11.3 Å². The molecule has 0 bridgehead atoms. The quantitative estimate of drug-likeness (QED) is 0.770. The molecule has 0 spiro atoms. The number of rotatable bonds is 7. The second-order valence-corrected chi connectivity index (χ2v) is 5.63. The standard InChI is InChI=1S/C16H18N2O3S/c1-21-9-8-17-16(20)13-6-2-3-7-14(13)18-15(19)11-12-5-4-10-22-12/h2-7,10H,8-9,11H2,1H3,(H,17,20)(H,18,19). The third kappa shape index (κ3) is 4.68. The molecule has 0 radical (unpaired) electrons. The van der Waals surface area contributed by atoms with E-state index in [4.69, 9.17) is 4.74 Å². The number of ether oxygens (including phenoxy) is 1. The Morgan fingerprint density at radius 3 is 2.73 bits per heavy atom. The van der Waals surface area contributed by atoms with Gasteiger partial charge in [-0.25, -0.2) is 0 Å². The van der Waals surface area contributed by atoms with Crippen LogP contribution in [0.4, 0.5) is 5.69 Å². The summed E-state index contributed by atoms with van der Waals surface area (Å²) in [6.45, 7) is 0.867. The molecule has 0 saturated carbocycles. The lowest BCUT2D eigenvalue weighted by atomic mass is 10.1. The molecule has 0 fully saturated rings. The molecule has 2 N–H and O–H groups in total. The van der Waals surface area contributed by atoms with E-state index in [0.29, 0.717) is 30.8 Å². The van der Waals surface area contributed by atoms with E-state index in [0.717, 1.165) is 4.88 Å². The highest BCUT2D eigenvalue weighted by Gasteiger charge is 2.13. The first-order valence-electron chi connectivity index (χ1n) is 6.89. The highest BCUT2D eigenvalue weighted by Crippen LogP contribution is 2.16. The first-order valence-corrected chi connectivity index (χ1v) is 7.77. The molecule has 0 aliphatic heterocycles. The van der Waals surface area contributed by atoms with Crippen LogP contribution in [0.1, 0.15) is 15.2 Å². The van der Waals surface area contributed by atoms with Crippen molar-refractivity contribution in [2.24, 2.45) is 0 Å². The van der Waals surface area contributed by atoms with Gasteiger partial charge < -0.3 is 15.4 Å². The first-order chi connectivity index (χ1) is 10.7. The Morgan fingerprint density at radius 2 is 2.00 bits per heavy atom. The van der Waals surface area contributed by atoms with E-state index in [1.165, 1.54) is 11.3 Å². The molecule has 0 aliphatic rings. The van der Waals surface area contributed by atoms with Gasteiger partial charge in [0.25, 0.3) is 5.91 Å². The van der Waals surface area contributed by atoms with Crippen LogP contribution in [0.2, 0.25) is 0 Å². The summed E-state index contributed by atoms with van der Waals surface area (Å²) in [4.78, 5) is 25.2. The van der Waals surface area contributed by atoms with Gasteiger partial charge in [-0.2, -0.15) is 0 Å². The number of nitrogens with one attached hydrogen (secondary N) is 2. The van der Waals surface area contributed by atoms with Crippen LogP contribution in [0.15, 0.2) is 41.8 Å². The van der Waals surface area contributed by atoms with Gasteiger partial charge in [0.2, 0.25) is 5.91 Å². The number of thiophene rings is 1. The average Bonchev–Trinajstić information content (AvgIpc) is 3.00. The van der Waals surface area contributed by atoms with Crippen molar-refractivity contribution in [3.63, 3.8) is 0 Å². The van der Waals surface area contributed by atoms with Crippen molar-refractivity contribution in [1.29, 1.82) is 0 Å². The second-order valence-electron chi connectivity index (χ2n) is 4.60. The maximum Gasteiger partial charge on any atom is 0.253 e. The number of anilines is 1. The molecule has 22 heavy (non-hydrogen) atoms. The third-order valence-electron chi connectivity index (χ3n) is 2.95. The molecule has 1 heterocycles. The predicted octanol–water partition coefficient (Wildman–Crippen LogP) is 2.31. The fourth-order valence-corrected chi connectivity index (χ4v) is 2.62. The number of para-hydroxylation sites is 1. The fraction of sp³-hybridized carbons (Fsp3) is 0.250. The molecule has 116 valence electrons. The number of hydrogen-bond donors (Lipinski definition) is 2. The summed E-state index contributed by atoms with van der Waals surface area (Å²) in [5.74, 6) is -0.372. The molecule has 2 amide bonds. The van der Waals surface area contributed by atoms with Crippen molar-refractivity contribution in [3.8, 4) is 0 Å². The van der Waals surface area contributed by atoms with Crippen LogP contribution in [-0.4, -0.2) is 32.1 Å². The van der Waals surface area contributed by atoms with Crippen molar-refractivity contribution in [2.75, 3.05) is 25.6 Å². The molecule has 1 aromatic carbocycles. The van der Waals surface area contributed by atoms with Crippen molar-refractivity contribution in [3.05, 3.63) is 52.2 Å². The number of carbonyl (C=O) groups excluding carboxylic acids is 2. The molecular formula is C16H18N2O3S.